The van der Waals surface area contributed by atoms with Gasteiger partial charge in [-0.3, -0.25) is 34.0 Å². The van der Waals surface area contributed by atoms with Crippen LogP contribution < -0.4 is 27.0 Å². The molecular weight excluding hydrogens is 696 g/mol. The Hall–Kier alpha value is -5.21. The molecule has 1 atom stereocenters. The van der Waals surface area contributed by atoms with Crippen molar-refractivity contribution in [3.63, 3.8) is 0 Å². The molecule has 4 aromatic rings. The van der Waals surface area contributed by atoms with Crippen LogP contribution in [0.5, 0.6) is 0 Å². The minimum atomic E-state index is -0.820. The zero-order chi connectivity index (χ0) is 37.7. The Balaban J connectivity index is 1.18. The van der Waals surface area contributed by atoms with Gasteiger partial charge in [-0.05, 0) is 85.8 Å². The molecule has 0 radical (unpaired) electrons. The third-order valence-electron chi connectivity index (χ3n) is 9.08. The smallest absolute Gasteiger partial charge is 0.320 e. The molecule has 3 amide bonds. The van der Waals surface area contributed by atoms with Gasteiger partial charge in [0.2, 0.25) is 5.91 Å². The third kappa shape index (κ3) is 10.7. The van der Waals surface area contributed by atoms with Crippen LogP contribution in [-0.4, -0.2) is 75.9 Å². The maximum absolute atomic E-state index is 13.2. The second-order valence-corrected chi connectivity index (χ2v) is 13.3. The van der Waals surface area contributed by atoms with Crippen LogP contribution in [0.4, 0.5) is 11.4 Å². The van der Waals surface area contributed by atoms with Gasteiger partial charge >= 0.3 is 5.97 Å². The number of rotatable bonds is 16. The first-order valence-corrected chi connectivity index (χ1v) is 18.1. The normalized spacial score (nSPS) is 14.4. The zero-order valence-corrected chi connectivity index (χ0v) is 30.4. The van der Waals surface area contributed by atoms with E-state index in [2.05, 4.69) is 31.2 Å². The van der Waals surface area contributed by atoms with E-state index in [4.69, 9.17) is 17.3 Å². The van der Waals surface area contributed by atoms with E-state index in [1.54, 1.807) is 48.8 Å². The number of anilines is 2. The van der Waals surface area contributed by atoms with Crippen molar-refractivity contribution >= 4 is 46.7 Å². The molecule has 2 aromatic carbocycles. The number of nitrogens with two attached hydrogens (primary N) is 1. The first kappa shape index (κ1) is 39.0. The largest absolute Gasteiger partial charge is 0.480 e. The monoisotopic (exact) mass is 740 g/mol. The van der Waals surface area contributed by atoms with Gasteiger partial charge in [0.05, 0.1) is 10.7 Å². The number of hydrogen-bond acceptors (Lipinski definition) is 9. The molecule has 278 valence electrons. The Bertz CT molecular complexity index is 1910. The molecular formula is C39H45ClN8O5. The highest BCUT2D eigenvalue weighted by Gasteiger charge is 2.28. The number of carbonyl (C=O) groups is 4. The van der Waals surface area contributed by atoms with Gasteiger partial charge in [0.1, 0.15) is 17.4 Å². The molecule has 0 saturated carbocycles. The van der Waals surface area contributed by atoms with Gasteiger partial charge in [0.25, 0.3) is 11.8 Å². The molecule has 14 heteroatoms. The highest BCUT2D eigenvalue weighted by Crippen LogP contribution is 2.37. The summed E-state index contributed by atoms with van der Waals surface area (Å²) in [4.78, 5) is 60.3. The van der Waals surface area contributed by atoms with Crippen LogP contribution in [-0.2, 0) is 22.7 Å². The van der Waals surface area contributed by atoms with E-state index in [1.165, 1.54) is 0 Å². The van der Waals surface area contributed by atoms with Crippen molar-refractivity contribution in [3.8, 4) is 11.1 Å². The summed E-state index contributed by atoms with van der Waals surface area (Å²) in [5.74, 6) is -1.64. The molecule has 1 fully saturated rings. The van der Waals surface area contributed by atoms with Crippen LogP contribution in [0.3, 0.4) is 0 Å². The Morgan fingerprint density at radius 3 is 2.19 bits per heavy atom. The van der Waals surface area contributed by atoms with Gasteiger partial charge in [-0.25, -0.2) is 0 Å². The number of amides is 3. The standard InChI is InChI=1S/C39H45ClN8O5/c1-25-28(7-4-9-30(25)46-37(50)32-15-13-26(22-44-32)21-42-18-19-43-35(49)12-6-17-41)29-8-5-10-31(36(29)40)47-38(51)33-16-14-27(23-45-33)24-48-20-3-2-11-34(48)39(52)53/h4-5,7-10,13-16,22-23,34,42H,2-3,6,11-12,17-21,24,41H2,1H3,(H,43,49)(H,46,50)(H,47,51)(H,52,53)/t34-/m0/s1. The number of nitrogens with one attached hydrogen (secondary N) is 4. The number of aromatic nitrogens is 2. The number of carboxylic acids is 1. The lowest BCUT2D eigenvalue weighted by molar-refractivity contribution is -0.144. The summed E-state index contributed by atoms with van der Waals surface area (Å²) in [6.07, 6.45) is 6.79. The van der Waals surface area contributed by atoms with E-state index in [1.807, 2.05) is 36.1 Å². The number of nitrogens with zero attached hydrogens (tertiary/aromatic N) is 3. The van der Waals surface area contributed by atoms with Crippen LogP contribution >= 0.6 is 11.6 Å². The second kappa shape index (κ2) is 19.0. The fourth-order valence-electron chi connectivity index (χ4n) is 6.16. The summed E-state index contributed by atoms with van der Waals surface area (Å²) in [5.41, 5.74) is 10.8. The quantitative estimate of drug-likeness (QED) is 0.0853. The van der Waals surface area contributed by atoms with E-state index in [-0.39, 0.29) is 23.2 Å². The summed E-state index contributed by atoms with van der Waals surface area (Å²) in [6, 6.07) is 17.2. The number of piperidine rings is 1. The number of carbonyl (C=O) groups excluding carboxylic acids is 3. The van der Waals surface area contributed by atoms with Crippen molar-refractivity contribution in [2.45, 2.75) is 58.2 Å². The minimum Gasteiger partial charge on any atom is -0.480 e. The Morgan fingerprint density at radius 1 is 0.868 bits per heavy atom. The average Bonchev–Trinajstić information content (AvgIpc) is 3.16. The lowest BCUT2D eigenvalue weighted by Gasteiger charge is -2.32. The SMILES string of the molecule is Cc1c(NC(=O)c2ccc(CNCCNC(=O)CCCN)cn2)cccc1-c1cccc(NC(=O)c2ccc(CN3CCCC[C@H]3C(=O)O)cn2)c1Cl. The van der Waals surface area contributed by atoms with Crippen molar-refractivity contribution in [2.24, 2.45) is 5.73 Å². The summed E-state index contributed by atoms with van der Waals surface area (Å²) in [7, 11) is 0. The van der Waals surface area contributed by atoms with Crippen molar-refractivity contribution in [2.75, 3.05) is 36.8 Å². The second-order valence-electron chi connectivity index (χ2n) is 12.9. The van der Waals surface area contributed by atoms with Gasteiger partial charge in [-0.15, -0.1) is 0 Å². The lowest BCUT2D eigenvalue weighted by Crippen LogP contribution is -2.44. The number of likely N-dealkylation sites (tertiary alicyclic amines) is 1. The highest BCUT2D eigenvalue weighted by atomic mass is 35.5. The van der Waals surface area contributed by atoms with Crippen molar-refractivity contribution in [3.05, 3.63) is 106 Å². The number of halogens is 1. The molecule has 7 N–H and O–H groups in total. The maximum atomic E-state index is 13.2. The number of aliphatic carboxylic acids is 1. The van der Waals surface area contributed by atoms with Gasteiger partial charge in [-0.1, -0.05) is 54.4 Å². The fraction of sp³-hybridized carbons (Fsp3) is 0.333. The molecule has 1 saturated heterocycles. The Kier molecular flexibility index (Phi) is 14.0. The summed E-state index contributed by atoms with van der Waals surface area (Å²) < 4.78 is 0. The van der Waals surface area contributed by atoms with E-state index in [0.29, 0.717) is 80.5 Å². The Morgan fingerprint density at radius 2 is 1.53 bits per heavy atom. The summed E-state index contributed by atoms with van der Waals surface area (Å²) in [5, 5.41) is 21.8. The van der Waals surface area contributed by atoms with Crippen molar-refractivity contribution in [1.29, 1.82) is 0 Å². The van der Waals surface area contributed by atoms with Gasteiger partial charge in [0, 0.05) is 56.2 Å². The predicted octanol–water partition coefficient (Wildman–Crippen LogP) is 4.99. The molecule has 1 aliphatic heterocycles. The topological polar surface area (TPSA) is 192 Å². The molecule has 3 heterocycles. The lowest BCUT2D eigenvalue weighted by atomic mass is 9.98. The first-order chi connectivity index (χ1) is 25.6. The average molecular weight is 741 g/mol. The molecule has 13 nitrogen and oxygen atoms in total. The Labute approximate surface area is 313 Å². The zero-order valence-electron chi connectivity index (χ0n) is 29.7. The molecule has 0 spiro atoms. The molecule has 53 heavy (non-hydrogen) atoms. The van der Waals surface area contributed by atoms with Crippen LogP contribution in [0.2, 0.25) is 5.02 Å². The fourth-order valence-corrected chi connectivity index (χ4v) is 6.43. The van der Waals surface area contributed by atoms with Crippen LogP contribution in [0, 0.1) is 6.92 Å². The molecule has 2 aromatic heterocycles. The highest BCUT2D eigenvalue weighted by molar-refractivity contribution is 6.36. The summed E-state index contributed by atoms with van der Waals surface area (Å²) >= 11 is 6.86. The van der Waals surface area contributed by atoms with E-state index < -0.39 is 17.9 Å². The molecule has 0 aliphatic carbocycles. The minimum absolute atomic E-state index is 0.0175. The van der Waals surface area contributed by atoms with Crippen LogP contribution in [0.1, 0.15) is 69.8 Å². The van der Waals surface area contributed by atoms with Gasteiger partial charge in [0.15, 0.2) is 0 Å². The molecule has 0 unspecified atom stereocenters. The predicted molar refractivity (Wildman–Crippen MR) is 205 cm³/mol. The third-order valence-corrected chi connectivity index (χ3v) is 9.49. The van der Waals surface area contributed by atoms with Crippen molar-refractivity contribution in [1.82, 2.24) is 25.5 Å². The maximum Gasteiger partial charge on any atom is 0.320 e. The van der Waals surface area contributed by atoms with Crippen LogP contribution in [0.15, 0.2) is 73.1 Å². The molecule has 0 bridgehead atoms. The number of pyridine rings is 2. The number of carboxylic acid groups (broad SMARTS) is 1. The van der Waals surface area contributed by atoms with E-state index in [9.17, 15) is 24.3 Å². The van der Waals surface area contributed by atoms with Crippen molar-refractivity contribution < 1.29 is 24.3 Å². The van der Waals surface area contributed by atoms with Crippen LogP contribution in [0.25, 0.3) is 11.1 Å². The number of benzene rings is 2. The van der Waals surface area contributed by atoms with E-state index >= 15 is 0 Å². The molecule has 1 aliphatic rings. The molecule has 5 rings (SSSR count). The first-order valence-electron chi connectivity index (χ1n) is 17.7. The summed E-state index contributed by atoms with van der Waals surface area (Å²) in [6.45, 7) is 5.15. The van der Waals surface area contributed by atoms with Gasteiger partial charge < -0.3 is 32.1 Å². The van der Waals surface area contributed by atoms with Gasteiger partial charge in [-0.2, -0.15) is 0 Å². The van der Waals surface area contributed by atoms with E-state index in [0.717, 1.165) is 35.1 Å². The number of hydrogen-bond donors (Lipinski definition) is 6.